The summed E-state index contributed by atoms with van der Waals surface area (Å²) in [6, 6.07) is 4.84. The van der Waals surface area contributed by atoms with Gasteiger partial charge in [-0.25, -0.2) is 4.79 Å². The number of esters is 1. The summed E-state index contributed by atoms with van der Waals surface area (Å²) >= 11 is 0. The van der Waals surface area contributed by atoms with Crippen molar-refractivity contribution in [2.45, 2.75) is 0 Å². The van der Waals surface area contributed by atoms with E-state index in [1.54, 1.807) is 14.7 Å². The maximum atomic E-state index is 13.0. The van der Waals surface area contributed by atoms with Crippen LogP contribution in [0.15, 0.2) is 24.3 Å². The van der Waals surface area contributed by atoms with Crippen LogP contribution in [0.25, 0.3) is 0 Å². The number of carboxylic acid groups (broad SMARTS) is 3. The number of nitro groups is 1. The van der Waals surface area contributed by atoms with Crippen LogP contribution in [0.3, 0.4) is 0 Å². The summed E-state index contributed by atoms with van der Waals surface area (Å²) in [5, 5.41) is 44.5. The number of aliphatic carboxylic acids is 3. The first-order chi connectivity index (χ1) is 19.8. The SMILES string of the molecule is CN(CC(=O)Oc1ccc([N+](=O)[O-])cc1)C(=O)CN1CCN(CC(=O)[O-])CCN(CC(=O)[O-])CCN(CC(=O)[O-])CC1.[Gd+3]. The average molecular weight is 751 g/mol. The molecule has 0 N–H and O–H groups in total. The zero-order valence-corrected chi connectivity index (χ0v) is 25.8. The van der Waals surface area contributed by atoms with E-state index in [-0.39, 0.29) is 110 Å². The normalized spacial score (nSPS) is 16.1. The average Bonchev–Trinajstić information content (AvgIpc) is 2.89. The van der Waals surface area contributed by atoms with Crippen molar-refractivity contribution in [2.24, 2.45) is 0 Å². The molecular formula is C25H33GdN6O11. The summed E-state index contributed by atoms with van der Waals surface area (Å²) in [7, 11) is 1.38. The van der Waals surface area contributed by atoms with Gasteiger partial charge in [-0.05, 0) is 12.1 Å². The molecule has 1 fully saturated rings. The van der Waals surface area contributed by atoms with Crippen LogP contribution in [0.2, 0.25) is 0 Å². The van der Waals surface area contributed by atoms with Crippen LogP contribution >= 0.6 is 0 Å². The molecule has 0 spiro atoms. The molecule has 43 heavy (non-hydrogen) atoms. The van der Waals surface area contributed by atoms with Crippen molar-refractivity contribution in [3.63, 3.8) is 0 Å². The standard InChI is InChI=1S/C25H36N6O11.Gd/c1-26(18-25(39)42-20-4-2-19(3-5-20)31(40)41)21(32)14-27-6-8-28(15-22(33)34)10-12-30(17-24(37)38)13-11-29(9-7-27)16-23(35)36;/h2-5H,6-18H2,1H3,(H,33,34)(H,35,36)(H,37,38);/q;+3/p-3. The van der Waals surface area contributed by atoms with Crippen molar-refractivity contribution in [1.82, 2.24) is 24.5 Å². The molecule has 1 aliphatic rings. The Morgan fingerprint density at radius 3 is 1.40 bits per heavy atom. The first-order valence-electron chi connectivity index (χ1n) is 13.0. The Bertz CT molecular complexity index is 1090. The van der Waals surface area contributed by atoms with Crippen LogP contribution in [0.1, 0.15) is 0 Å². The smallest absolute Gasteiger partial charge is 0.549 e. The van der Waals surface area contributed by atoms with E-state index in [1.807, 2.05) is 0 Å². The minimum Gasteiger partial charge on any atom is -0.549 e. The molecule has 0 aliphatic carbocycles. The summed E-state index contributed by atoms with van der Waals surface area (Å²) in [5.74, 6) is -5.18. The van der Waals surface area contributed by atoms with Gasteiger partial charge in [-0.3, -0.25) is 34.5 Å². The molecule has 18 heteroatoms. The summed E-state index contributed by atoms with van der Waals surface area (Å²) in [4.78, 5) is 76.6. The van der Waals surface area contributed by atoms with Crippen molar-refractivity contribution >= 4 is 35.5 Å². The third-order valence-corrected chi connectivity index (χ3v) is 6.42. The van der Waals surface area contributed by atoms with E-state index in [2.05, 4.69) is 0 Å². The Kier molecular flexibility index (Phi) is 17.2. The predicted molar refractivity (Wildman–Crippen MR) is 137 cm³/mol. The molecule has 1 radical (unpaired) electrons. The van der Waals surface area contributed by atoms with Gasteiger partial charge in [-0.1, -0.05) is 0 Å². The number of nitrogens with zero attached hydrogens (tertiary/aromatic N) is 6. The van der Waals surface area contributed by atoms with Gasteiger partial charge in [0.15, 0.2) is 0 Å². The molecule has 1 saturated heterocycles. The molecule has 1 amide bonds. The molecule has 1 aromatic rings. The van der Waals surface area contributed by atoms with E-state index < -0.39 is 60.9 Å². The van der Waals surface area contributed by atoms with E-state index in [1.165, 1.54) is 36.2 Å². The van der Waals surface area contributed by atoms with Crippen molar-refractivity contribution < 1.29 is 88.9 Å². The number of nitro benzene ring substituents is 1. The van der Waals surface area contributed by atoms with Crippen LogP contribution in [-0.2, 0) is 24.0 Å². The molecule has 0 bridgehead atoms. The summed E-state index contributed by atoms with van der Waals surface area (Å²) in [6.45, 7) is -0.481. The Balaban J connectivity index is 0.00000924. The van der Waals surface area contributed by atoms with Crippen LogP contribution in [0, 0.1) is 50.1 Å². The minimum absolute atomic E-state index is 0. The van der Waals surface area contributed by atoms with Crippen molar-refractivity contribution in [3.8, 4) is 5.75 Å². The number of amides is 1. The molecule has 0 saturated carbocycles. The third kappa shape index (κ3) is 15.4. The van der Waals surface area contributed by atoms with Gasteiger partial charge in [0, 0.05) is 91.2 Å². The van der Waals surface area contributed by atoms with Crippen LogP contribution < -0.4 is 20.1 Å². The fourth-order valence-electron chi connectivity index (χ4n) is 4.15. The van der Waals surface area contributed by atoms with E-state index >= 15 is 0 Å². The Morgan fingerprint density at radius 2 is 1.07 bits per heavy atom. The molecule has 0 atom stereocenters. The Labute approximate surface area is 279 Å². The zero-order valence-electron chi connectivity index (χ0n) is 23.5. The van der Waals surface area contributed by atoms with E-state index in [0.29, 0.717) is 0 Å². The van der Waals surface area contributed by atoms with Crippen molar-refractivity contribution in [2.75, 3.05) is 92.1 Å². The number of rotatable bonds is 12. The van der Waals surface area contributed by atoms with Crippen molar-refractivity contribution in [3.05, 3.63) is 34.4 Å². The molecule has 237 valence electrons. The van der Waals surface area contributed by atoms with Gasteiger partial charge < -0.3 is 39.3 Å². The van der Waals surface area contributed by atoms with Crippen LogP contribution in [-0.4, -0.2) is 151 Å². The molecule has 2 rings (SSSR count). The molecule has 1 heterocycles. The van der Waals surface area contributed by atoms with Gasteiger partial charge in [0.25, 0.3) is 5.69 Å². The predicted octanol–water partition coefficient (Wildman–Crippen LogP) is -5.57. The molecule has 1 aliphatic heterocycles. The number of carbonyl (C=O) groups is 5. The second kappa shape index (κ2) is 19.4. The van der Waals surface area contributed by atoms with Crippen molar-refractivity contribution in [1.29, 1.82) is 0 Å². The fraction of sp³-hybridized carbons (Fsp3) is 0.560. The molecule has 17 nitrogen and oxygen atoms in total. The monoisotopic (exact) mass is 751 g/mol. The van der Waals surface area contributed by atoms with Gasteiger partial charge >= 0.3 is 45.9 Å². The van der Waals surface area contributed by atoms with Crippen LogP contribution in [0.4, 0.5) is 5.69 Å². The maximum absolute atomic E-state index is 13.0. The number of ether oxygens (including phenoxy) is 1. The number of likely N-dealkylation sites (N-methyl/N-ethyl adjacent to an activating group) is 1. The summed E-state index contributed by atoms with van der Waals surface area (Å²) < 4.78 is 5.14. The Hall–Kier alpha value is -2.87. The Morgan fingerprint density at radius 1 is 0.721 bits per heavy atom. The second-order valence-electron chi connectivity index (χ2n) is 9.70. The molecule has 0 unspecified atom stereocenters. The summed E-state index contributed by atoms with van der Waals surface area (Å²) in [6.07, 6.45) is 0. The quantitative estimate of drug-likeness (QED) is 0.0841. The van der Waals surface area contributed by atoms with E-state index in [4.69, 9.17) is 4.74 Å². The molecular weight excluding hydrogens is 718 g/mol. The number of carbonyl (C=O) groups excluding carboxylic acids is 5. The number of non-ortho nitro benzene ring substituents is 1. The van der Waals surface area contributed by atoms with Gasteiger partial charge in [-0.2, -0.15) is 0 Å². The second-order valence-corrected chi connectivity index (χ2v) is 9.70. The summed E-state index contributed by atoms with van der Waals surface area (Å²) in [5.41, 5.74) is -0.181. The zero-order chi connectivity index (χ0) is 31.2. The first-order valence-corrected chi connectivity index (χ1v) is 13.0. The molecule has 0 aromatic heterocycles. The fourth-order valence-corrected chi connectivity index (χ4v) is 4.15. The number of hydrogen-bond donors (Lipinski definition) is 0. The van der Waals surface area contributed by atoms with Gasteiger partial charge in [-0.15, -0.1) is 0 Å². The maximum Gasteiger partial charge on any atom is 3.00 e. The van der Waals surface area contributed by atoms with Crippen LogP contribution in [0.5, 0.6) is 5.75 Å². The number of carboxylic acids is 3. The van der Waals surface area contributed by atoms with E-state index in [9.17, 15) is 49.4 Å². The largest absolute Gasteiger partial charge is 3.00 e. The van der Waals surface area contributed by atoms with Gasteiger partial charge in [0.1, 0.15) is 12.3 Å². The van der Waals surface area contributed by atoms with E-state index in [0.717, 1.165) is 4.90 Å². The topological polar surface area (TPSA) is 223 Å². The number of hydrogen-bond acceptors (Lipinski definition) is 15. The van der Waals surface area contributed by atoms with Gasteiger partial charge in [0.05, 0.1) is 29.4 Å². The first kappa shape index (κ1) is 38.2. The molecule has 1 aromatic carbocycles. The van der Waals surface area contributed by atoms with Gasteiger partial charge in [0.2, 0.25) is 5.91 Å². The minimum atomic E-state index is -1.33. The number of benzene rings is 1. The third-order valence-electron chi connectivity index (χ3n) is 6.42.